The molecule has 1 aromatic rings. The molecule has 1 fully saturated rings. The third-order valence-corrected chi connectivity index (χ3v) is 4.32. The molecule has 1 saturated carbocycles. The first-order valence-electron chi connectivity index (χ1n) is 8.09. The first-order chi connectivity index (χ1) is 9.58. The van der Waals surface area contributed by atoms with E-state index in [4.69, 9.17) is 4.74 Å². The van der Waals surface area contributed by atoms with Crippen LogP contribution in [0.4, 0.5) is 0 Å². The standard InChI is InChI=1S/C18H29NO/c1-13(2)20-18-12-8-6-10-16(18)15(4)19-17-11-7-5-9-14(17)3/h6,8,10,12-15,17,19H,5,7,9,11H2,1-4H3. The highest BCUT2D eigenvalue weighted by Gasteiger charge is 2.23. The first-order valence-corrected chi connectivity index (χ1v) is 8.09. The van der Waals surface area contributed by atoms with Gasteiger partial charge in [-0.25, -0.2) is 0 Å². The lowest BCUT2D eigenvalue weighted by Crippen LogP contribution is -2.38. The lowest BCUT2D eigenvalue weighted by atomic mass is 9.85. The smallest absolute Gasteiger partial charge is 0.124 e. The van der Waals surface area contributed by atoms with Crippen LogP contribution in [0.25, 0.3) is 0 Å². The molecule has 20 heavy (non-hydrogen) atoms. The Labute approximate surface area is 123 Å². The van der Waals surface area contributed by atoms with Gasteiger partial charge in [-0.2, -0.15) is 0 Å². The predicted molar refractivity (Wildman–Crippen MR) is 85.2 cm³/mol. The maximum Gasteiger partial charge on any atom is 0.124 e. The van der Waals surface area contributed by atoms with Crippen LogP contribution in [-0.2, 0) is 0 Å². The quantitative estimate of drug-likeness (QED) is 0.840. The van der Waals surface area contributed by atoms with E-state index in [0.29, 0.717) is 12.1 Å². The SMILES string of the molecule is CC(C)Oc1ccccc1C(C)NC1CCCCC1C. The molecule has 3 unspecified atom stereocenters. The summed E-state index contributed by atoms with van der Waals surface area (Å²) in [5, 5.41) is 3.82. The second-order valence-electron chi connectivity index (χ2n) is 6.46. The molecule has 1 aliphatic carbocycles. The molecule has 0 aliphatic heterocycles. The minimum Gasteiger partial charge on any atom is -0.491 e. The van der Waals surface area contributed by atoms with Gasteiger partial charge in [0.1, 0.15) is 5.75 Å². The Bertz CT molecular complexity index is 416. The van der Waals surface area contributed by atoms with E-state index < -0.39 is 0 Å². The van der Waals surface area contributed by atoms with Crippen LogP contribution in [0.5, 0.6) is 5.75 Å². The van der Waals surface area contributed by atoms with E-state index in [1.54, 1.807) is 0 Å². The number of para-hydroxylation sites is 1. The predicted octanol–water partition coefficient (Wildman–Crippen LogP) is 4.70. The summed E-state index contributed by atoms with van der Waals surface area (Å²) in [6.45, 7) is 8.79. The Balaban J connectivity index is 2.06. The van der Waals surface area contributed by atoms with Crippen molar-refractivity contribution in [3.8, 4) is 5.75 Å². The van der Waals surface area contributed by atoms with Crippen molar-refractivity contribution in [1.29, 1.82) is 0 Å². The molecule has 0 amide bonds. The third-order valence-electron chi connectivity index (χ3n) is 4.32. The van der Waals surface area contributed by atoms with Crippen LogP contribution >= 0.6 is 0 Å². The fourth-order valence-electron chi connectivity index (χ4n) is 3.17. The Kier molecular flexibility index (Phi) is 5.47. The molecule has 0 radical (unpaired) electrons. The van der Waals surface area contributed by atoms with Crippen LogP contribution in [0.2, 0.25) is 0 Å². The van der Waals surface area contributed by atoms with Crippen molar-refractivity contribution < 1.29 is 4.74 Å². The van der Waals surface area contributed by atoms with Gasteiger partial charge in [0.05, 0.1) is 6.10 Å². The van der Waals surface area contributed by atoms with E-state index in [1.807, 2.05) is 0 Å². The molecule has 0 heterocycles. The van der Waals surface area contributed by atoms with Crippen molar-refractivity contribution in [2.45, 2.75) is 71.6 Å². The summed E-state index contributed by atoms with van der Waals surface area (Å²) in [5.41, 5.74) is 1.28. The lowest BCUT2D eigenvalue weighted by molar-refractivity contribution is 0.231. The monoisotopic (exact) mass is 275 g/mol. The van der Waals surface area contributed by atoms with Gasteiger partial charge in [0.2, 0.25) is 0 Å². The summed E-state index contributed by atoms with van der Waals surface area (Å²) in [4.78, 5) is 0. The van der Waals surface area contributed by atoms with Crippen LogP contribution < -0.4 is 10.1 Å². The molecule has 0 aromatic heterocycles. The Hall–Kier alpha value is -1.02. The van der Waals surface area contributed by atoms with Gasteiger partial charge in [-0.05, 0) is 45.6 Å². The second-order valence-corrected chi connectivity index (χ2v) is 6.46. The molecule has 0 bridgehead atoms. The number of hydrogen-bond acceptors (Lipinski definition) is 2. The van der Waals surface area contributed by atoms with Gasteiger partial charge in [-0.1, -0.05) is 38.0 Å². The van der Waals surface area contributed by atoms with E-state index in [9.17, 15) is 0 Å². The fraction of sp³-hybridized carbons (Fsp3) is 0.667. The van der Waals surface area contributed by atoms with Crippen LogP contribution in [-0.4, -0.2) is 12.1 Å². The summed E-state index contributed by atoms with van der Waals surface area (Å²) in [6.07, 6.45) is 5.63. The van der Waals surface area contributed by atoms with E-state index in [1.165, 1.54) is 31.2 Å². The van der Waals surface area contributed by atoms with Crippen molar-refractivity contribution >= 4 is 0 Å². The van der Waals surface area contributed by atoms with Gasteiger partial charge in [-0.3, -0.25) is 0 Å². The molecule has 1 aromatic carbocycles. The molecule has 1 N–H and O–H groups in total. The van der Waals surface area contributed by atoms with E-state index in [2.05, 4.69) is 57.3 Å². The number of benzene rings is 1. The van der Waals surface area contributed by atoms with Crippen molar-refractivity contribution in [2.24, 2.45) is 5.92 Å². The zero-order chi connectivity index (χ0) is 14.5. The Morgan fingerprint density at radius 1 is 1.10 bits per heavy atom. The highest BCUT2D eigenvalue weighted by molar-refractivity contribution is 5.35. The van der Waals surface area contributed by atoms with E-state index in [0.717, 1.165) is 11.7 Å². The zero-order valence-corrected chi connectivity index (χ0v) is 13.4. The zero-order valence-electron chi connectivity index (χ0n) is 13.4. The van der Waals surface area contributed by atoms with Crippen molar-refractivity contribution in [3.63, 3.8) is 0 Å². The van der Waals surface area contributed by atoms with Gasteiger partial charge in [-0.15, -0.1) is 0 Å². The highest BCUT2D eigenvalue weighted by atomic mass is 16.5. The molecule has 0 saturated heterocycles. The summed E-state index contributed by atoms with van der Waals surface area (Å²) in [7, 11) is 0. The van der Waals surface area contributed by atoms with Crippen molar-refractivity contribution in [2.75, 3.05) is 0 Å². The first kappa shape index (κ1) is 15.4. The molecular formula is C18H29NO. The Morgan fingerprint density at radius 3 is 2.50 bits per heavy atom. The van der Waals surface area contributed by atoms with Crippen LogP contribution in [0, 0.1) is 5.92 Å². The fourth-order valence-corrected chi connectivity index (χ4v) is 3.17. The molecular weight excluding hydrogens is 246 g/mol. The van der Waals surface area contributed by atoms with Gasteiger partial charge < -0.3 is 10.1 Å². The average Bonchev–Trinajstić information content (AvgIpc) is 2.41. The highest BCUT2D eigenvalue weighted by Crippen LogP contribution is 2.30. The summed E-state index contributed by atoms with van der Waals surface area (Å²) in [6, 6.07) is 9.41. The molecule has 2 rings (SSSR count). The minimum absolute atomic E-state index is 0.219. The molecule has 3 atom stereocenters. The van der Waals surface area contributed by atoms with Crippen molar-refractivity contribution in [3.05, 3.63) is 29.8 Å². The summed E-state index contributed by atoms with van der Waals surface area (Å²) in [5.74, 6) is 1.80. The topological polar surface area (TPSA) is 21.3 Å². The number of hydrogen-bond donors (Lipinski definition) is 1. The van der Waals surface area contributed by atoms with E-state index >= 15 is 0 Å². The number of ether oxygens (including phenoxy) is 1. The van der Waals surface area contributed by atoms with Gasteiger partial charge in [0, 0.05) is 17.6 Å². The molecule has 2 nitrogen and oxygen atoms in total. The molecule has 112 valence electrons. The van der Waals surface area contributed by atoms with Gasteiger partial charge >= 0.3 is 0 Å². The normalized spacial score (nSPS) is 24.6. The molecule has 0 spiro atoms. The number of nitrogens with one attached hydrogen (secondary N) is 1. The third kappa shape index (κ3) is 3.99. The van der Waals surface area contributed by atoms with Crippen LogP contribution in [0.3, 0.4) is 0 Å². The van der Waals surface area contributed by atoms with Crippen molar-refractivity contribution in [1.82, 2.24) is 5.32 Å². The largest absolute Gasteiger partial charge is 0.491 e. The maximum absolute atomic E-state index is 5.94. The summed E-state index contributed by atoms with van der Waals surface area (Å²) >= 11 is 0. The Morgan fingerprint density at radius 2 is 1.80 bits per heavy atom. The molecule has 1 aliphatic rings. The molecule has 2 heteroatoms. The lowest BCUT2D eigenvalue weighted by Gasteiger charge is -2.33. The maximum atomic E-state index is 5.94. The average molecular weight is 275 g/mol. The van der Waals surface area contributed by atoms with Gasteiger partial charge in [0.15, 0.2) is 0 Å². The second kappa shape index (κ2) is 7.12. The van der Waals surface area contributed by atoms with Crippen LogP contribution in [0.1, 0.15) is 65.0 Å². The minimum atomic E-state index is 0.219. The summed E-state index contributed by atoms with van der Waals surface area (Å²) < 4.78 is 5.94. The van der Waals surface area contributed by atoms with E-state index in [-0.39, 0.29) is 6.10 Å². The van der Waals surface area contributed by atoms with Gasteiger partial charge in [0.25, 0.3) is 0 Å². The number of rotatable bonds is 5. The van der Waals surface area contributed by atoms with Crippen LogP contribution in [0.15, 0.2) is 24.3 Å².